The van der Waals surface area contributed by atoms with E-state index in [4.69, 9.17) is 10.5 Å². The zero-order chi connectivity index (χ0) is 14.0. The van der Waals surface area contributed by atoms with Crippen LogP contribution in [0.1, 0.15) is 24.8 Å². The lowest BCUT2D eigenvalue weighted by Crippen LogP contribution is -2.49. The van der Waals surface area contributed by atoms with E-state index in [2.05, 4.69) is 12.1 Å². The van der Waals surface area contributed by atoms with Gasteiger partial charge in [0.25, 0.3) is 0 Å². The Balaban J connectivity index is 0.00000161. The van der Waals surface area contributed by atoms with E-state index in [0.29, 0.717) is 19.8 Å². The number of likely N-dealkylation sites (tertiary alicyclic amines) is 1. The van der Waals surface area contributed by atoms with Crippen molar-refractivity contribution in [2.24, 2.45) is 5.73 Å². The lowest BCUT2D eigenvalue weighted by Gasteiger charge is -2.39. The second-order valence-electron chi connectivity index (χ2n) is 5.86. The summed E-state index contributed by atoms with van der Waals surface area (Å²) in [4.78, 5) is 15.0. The number of halogens is 1. The predicted octanol–water partition coefficient (Wildman–Crippen LogP) is 1.72. The molecule has 1 aromatic rings. The molecule has 5 heteroatoms. The summed E-state index contributed by atoms with van der Waals surface area (Å²) in [5, 5.41) is 0. The summed E-state index contributed by atoms with van der Waals surface area (Å²) in [6, 6.07) is 10.3. The van der Waals surface area contributed by atoms with Gasteiger partial charge in [0.05, 0.1) is 5.41 Å². The number of carbonyl (C=O) groups excluding carboxylic acids is 1. The molecule has 2 aliphatic rings. The molecule has 0 aromatic heterocycles. The van der Waals surface area contributed by atoms with Gasteiger partial charge in [-0.15, -0.1) is 12.4 Å². The number of rotatable bonds is 2. The highest BCUT2D eigenvalue weighted by Crippen LogP contribution is 2.37. The molecule has 116 valence electrons. The number of carbonyl (C=O) groups is 1. The highest BCUT2D eigenvalue weighted by atomic mass is 35.5. The summed E-state index contributed by atoms with van der Waals surface area (Å²) >= 11 is 0. The van der Waals surface area contributed by atoms with E-state index in [-0.39, 0.29) is 24.4 Å². The third-order valence-electron chi connectivity index (χ3n) is 4.59. The molecule has 1 amide bonds. The van der Waals surface area contributed by atoms with Crippen molar-refractivity contribution in [3.05, 3.63) is 35.9 Å². The predicted molar refractivity (Wildman–Crippen MR) is 84.6 cm³/mol. The van der Waals surface area contributed by atoms with E-state index in [0.717, 1.165) is 31.4 Å². The maximum Gasteiger partial charge on any atom is 0.233 e. The number of hydrogen-bond donors (Lipinski definition) is 1. The van der Waals surface area contributed by atoms with Gasteiger partial charge >= 0.3 is 0 Å². The molecule has 0 unspecified atom stereocenters. The molecule has 0 saturated carbocycles. The van der Waals surface area contributed by atoms with Crippen molar-refractivity contribution in [2.75, 3.05) is 26.3 Å². The minimum absolute atomic E-state index is 0. The second-order valence-corrected chi connectivity index (χ2v) is 5.86. The Morgan fingerprint density at radius 2 is 1.90 bits per heavy atom. The Labute approximate surface area is 132 Å². The van der Waals surface area contributed by atoms with Crippen LogP contribution < -0.4 is 5.73 Å². The topological polar surface area (TPSA) is 55.6 Å². The highest BCUT2D eigenvalue weighted by molar-refractivity contribution is 5.88. The average Bonchev–Trinajstić information content (AvgIpc) is 2.94. The van der Waals surface area contributed by atoms with Gasteiger partial charge in [-0.2, -0.15) is 0 Å². The lowest BCUT2D eigenvalue weighted by atomic mass is 9.73. The fourth-order valence-electron chi connectivity index (χ4n) is 3.38. The summed E-state index contributed by atoms with van der Waals surface area (Å²) in [5.74, 6) is 0.236. The Bertz CT molecular complexity index is 474. The molecule has 4 nitrogen and oxygen atoms in total. The van der Waals surface area contributed by atoms with Crippen molar-refractivity contribution in [3.63, 3.8) is 0 Å². The zero-order valence-electron chi connectivity index (χ0n) is 12.2. The molecule has 2 saturated heterocycles. The standard InChI is InChI=1S/C16H22N2O2.ClH/c17-14-6-9-18(12-14)15(19)16(7-10-20-11-8-16)13-4-2-1-3-5-13;/h1-5,14H,6-12,17H2;1H/t14-;/m1./s1. The quantitative estimate of drug-likeness (QED) is 0.905. The summed E-state index contributed by atoms with van der Waals surface area (Å²) in [6.07, 6.45) is 2.44. The molecular weight excluding hydrogens is 288 g/mol. The van der Waals surface area contributed by atoms with E-state index >= 15 is 0 Å². The molecular formula is C16H23ClN2O2. The zero-order valence-corrected chi connectivity index (χ0v) is 13.0. The van der Waals surface area contributed by atoms with Crippen LogP contribution in [0.3, 0.4) is 0 Å². The van der Waals surface area contributed by atoms with Crippen LogP contribution in [0.4, 0.5) is 0 Å². The molecule has 0 bridgehead atoms. The van der Waals surface area contributed by atoms with E-state index in [9.17, 15) is 4.79 Å². The van der Waals surface area contributed by atoms with Crippen LogP contribution >= 0.6 is 12.4 Å². The van der Waals surface area contributed by atoms with Crippen molar-refractivity contribution >= 4 is 18.3 Å². The van der Waals surface area contributed by atoms with Gasteiger partial charge in [-0.25, -0.2) is 0 Å². The van der Waals surface area contributed by atoms with E-state index in [1.165, 1.54) is 0 Å². The summed E-state index contributed by atoms with van der Waals surface area (Å²) in [7, 11) is 0. The van der Waals surface area contributed by atoms with Gasteiger partial charge in [0.2, 0.25) is 5.91 Å². The van der Waals surface area contributed by atoms with Crippen molar-refractivity contribution in [3.8, 4) is 0 Å². The van der Waals surface area contributed by atoms with E-state index in [1.807, 2.05) is 23.1 Å². The number of nitrogens with zero attached hydrogens (tertiary/aromatic N) is 1. The third-order valence-corrected chi connectivity index (χ3v) is 4.59. The SMILES string of the molecule is Cl.N[C@@H]1CCN(C(=O)C2(c3ccccc3)CCOCC2)C1. The highest BCUT2D eigenvalue weighted by Gasteiger charge is 2.45. The molecule has 0 radical (unpaired) electrons. The van der Waals surface area contributed by atoms with Crippen LogP contribution in [0, 0.1) is 0 Å². The van der Waals surface area contributed by atoms with Crippen LogP contribution in [0.5, 0.6) is 0 Å². The molecule has 2 fully saturated rings. The minimum Gasteiger partial charge on any atom is -0.381 e. The van der Waals surface area contributed by atoms with Gasteiger partial charge in [-0.3, -0.25) is 4.79 Å². The van der Waals surface area contributed by atoms with Crippen LogP contribution in [0.25, 0.3) is 0 Å². The Morgan fingerprint density at radius 1 is 1.24 bits per heavy atom. The molecule has 3 rings (SSSR count). The van der Waals surface area contributed by atoms with E-state index < -0.39 is 5.41 Å². The van der Waals surface area contributed by atoms with Crippen molar-refractivity contribution in [1.82, 2.24) is 4.90 Å². The number of benzene rings is 1. The molecule has 0 spiro atoms. The van der Waals surface area contributed by atoms with Crippen LogP contribution in [-0.2, 0) is 14.9 Å². The summed E-state index contributed by atoms with van der Waals surface area (Å²) < 4.78 is 5.48. The Kier molecular flexibility index (Phi) is 5.25. The maximum absolute atomic E-state index is 13.1. The van der Waals surface area contributed by atoms with Gasteiger partial charge < -0.3 is 15.4 Å². The first kappa shape index (κ1) is 16.3. The lowest BCUT2D eigenvalue weighted by molar-refractivity contribution is -0.140. The van der Waals surface area contributed by atoms with Crippen molar-refractivity contribution in [1.29, 1.82) is 0 Å². The molecule has 0 aliphatic carbocycles. The molecule has 1 aromatic carbocycles. The molecule has 2 N–H and O–H groups in total. The Morgan fingerprint density at radius 3 is 2.48 bits per heavy atom. The first-order valence-electron chi connectivity index (χ1n) is 7.41. The fourth-order valence-corrected chi connectivity index (χ4v) is 3.38. The van der Waals surface area contributed by atoms with Crippen molar-refractivity contribution < 1.29 is 9.53 Å². The molecule has 2 heterocycles. The number of nitrogens with two attached hydrogens (primary N) is 1. The van der Waals surface area contributed by atoms with Crippen LogP contribution in [-0.4, -0.2) is 43.2 Å². The third kappa shape index (κ3) is 3.07. The summed E-state index contributed by atoms with van der Waals surface area (Å²) in [5.41, 5.74) is 6.66. The molecule has 2 aliphatic heterocycles. The molecule has 21 heavy (non-hydrogen) atoms. The van der Waals surface area contributed by atoms with Gasteiger partial charge in [0.1, 0.15) is 0 Å². The summed E-state index contributed by atoms with van der Waals surface area (Å²) in [6.45, 7) is 2.78. The smallest absolute Gasteiger partial charge is 0.233 e. The van der Waals surface area contributed by atoms with Gasteiger partial charge in [-0.1, -0.05) is 30.3 Å². The number of ether oxygens (including phenoxy) is 1. The van der Waals surface area contributed by atoms with Crippen molar-refractivity contribution in [2.45, 2.75) is 30.7 Å². The average molecular weight is 311 g/mol. The van der Waals surface area contributed by atoms with Gasteiger partial charge in [0.15, 0.2) is 0 Å². The fraction of sp³-hybridized carbons (Fsp3) is 0.562. The second kappa shape index (κ2) is 6.77. The number of amides is 1. The van der Waals surface area contributed by atoms with E-state index in [1.54, 1.807) is 0 Å². The first-order chi connectivity index (χ1) is 9.72. The van der Waals surface area contributed by atoms with Gasteiger partial charge in [-0.05, 0) is 24.8 Å². The van der Waals surface area contributed by atoms with Gasteiger partial charge in [0, 0.05) is 32.3 Å². The Hall–Kier alpha value is -1.10. The normalized spacial score (nSPS) is 24.4. The molecule has 1 atom stereocenters. The monoisotopic (exact) mass is 310 g/mol. The maximum atomic E-state index is 13.1. The van der Waals surface area contributed by atoms with Crippen LogP contribution in [0.2, 0.25) is 0 Å². The largest absolute Gasteiger partial charge is 0.381 e. The minimum atomic E-state index is -0.413. The number of hydrogen-bond acceptors (Lipinski definition) is 3. The first-order valence-corrected chi connectivity index (χ1v) is 7.41. The van der Waals surface area contributed by atoms with Crippen LogP contribution in [0.15, 0.2) is 30.3 Å².